The molecule has 0 amide bonds. The average Bonchev–Trinajstić information content (AvgIpc) is 3.00. The van der Waals surface area contributed by atoms with E-state index in [4.69, 9.17) is 9.16 Å². The first-order valence-electron chi connectivity index (χ1n) is 15.7. The molecule has 0 saturated carbocycles. The summed E-state index contributed by atoms with van der Waals surface area (Å²) in [6.45, 7) is 17.9. The summed E-state index contributed by atoms with van der Waals surface area (Å²) in [5.74, 6) is 0. The molecule has 43 heavy (non-hydrogen) atoms. The van der Waals surface area contributed by atoms with Crippen LogP contribution in [0.3, 0.4) is 0 Å². The summed E-state index contributed by atoms with van der Waals surface area (Å²) in [6, 6.07) is 30.5. The topological polar surface area (TPSA) is 58.9 Å². The van der Waals surface area contributed by atoms with Crippen LogP contribution in [-0.4, -0.2) is 43.4 Å². The first kappa shape index (κ1) is 34.7. The highest BCUT2D eigenvalue weighted by Crippen LogP contribution is 2.43. The molecule has 0 fully saturated rings. The predicted molar refractivity (Wildman–Crippen MR) is 182 cm³/mol. The molecule has 0 aromatic heterocycles. The third-order valence-corrected chi connectivity index (χ3v) is 15.0. The normalized spacial score (nSPS) is 14.9. The Hall–Kier alpha value is -2.80. The minimum atomic E-state index is -2.07. The van der Waals surface area contributed by atoms with Crippen molar-refractivity contribution in [3.05, 3.63) is 132 Å². The molecule has 232 valence electrons. The van der Waals surface area contributed by atoms with Crippen LogP contribution in [0.2, 0.25) is 16.6 Å². The first-order valence-corrected chi connectivity index (χ1v) is 17.8. The maximum absolute atomic E-state index is 11.9. The van der Waals surface area contributed by atoms with Gasteiger partial charge >= 0.3 is 0 Å². The summed E-state index contributed by atoms with van der Waals surface area (Å²) in [4.78, 5) is 0. The Bertz CT molecular complexity index is 1140. The Morgan fingerprint density at radius 2 is 1.16 bits per heavy atom. The molecule has 0 aliphatic rings. The number of rotatable bonds is 17. The lowest BCUT2D eigenvalue weighted by atomic mass is 9.80. The van der Waals surface area contributed by atoms with E-state index in [1.807, 2.05) is 60.7 Å². The van der Waals surface area contributed by atoms with Gasteiger partial charge in [-0.3, -0.25) is 0 Å². The van der Waals surface area contributed by atoms with Crippen molar-refractivity contribution in [2.24, 2.45) is 0 Å². The van der Waals surface area contributed by atoms with Crippen LogP contribution in [0.25, 0.3) is 0 Å². The Kier molecular flexibility index (Phi) is 12.7. The zero-order valence-corrected chi connectivity index (χ0v) is 27.9. The van der Waals surface area contributed by atoms with Crippen LogP contribution >= 0.6 is 0 Å². The summed E-state index contributed by atoms with van der Waals surface area (Å²) in [5.41, 5.74) is 1.92. The Morgan fingerprint density at radius 3 is 1.53 bits per heavy atom. The van der Waals surface area contributed by atoms with Crippen molar-refractivity contribution in [3.8, 4) is 0 Å². The van der Waals surface area contributed by atoms with Gasteiger partial charge in [0.2, 0.25) is 8.32 Å². The molecular formula is C38H52O4Si. The molecule has 3 rings (SSSR count). The summed E-state index contributed by atoms with van der Waals surface area (Å²) in [7, 11) is -2.07. The number of hydrogen-bond acceptors (Lipinski definition) is 4. The zero-order valence-electron chi connectivity index (χ0n) is 26.9. The number of aliphatic hydroxyl groups excluding tert-OH is 1. The van der Waals surface area contributed by atoms with Crippen molar-refractivity contribution in [1.82, 2.24) is 0 Å². The first-order chi connectivity index (χ1) is 20.5. The highest BCUT2D eigenvalue weighted by Gasteiger charge is 2.45. The standard InChI is InChI=1S/C38H52O4Si/c1-8-19-36(39)37(40,26-18-28-42-43(30(2)3,31(4)5)32(6)7)27-29-41-38(33-20-12-9-13-21-33,34-22-14-10-15-23-34)35-24-16-11-17-25-35/h8-18,20-26,30-32,36,39-40H,1,19,27-29H2,2-7H3/b26-18+/t36-,37+/m1/s1. The van der Waals surface area contributed by atoms with E-state index in [9.17, 15) is 10.2 Å². The molecule has 3 aromatic carbocycles. The van der Waals surface area contributed by atoms with Crippen LogP contribution < -0.4 is 0 Å². The molecule has 3 aromatic rings. The minimum absolute atomic E-state index is 0.188. The quantitative estimate of drug-likeness (QED) is 0.0924. The third kappa shape index (κ3) is 7.84. The van der Waals surface area contributed by atoms with Gasteiger partial charge < -0.3 is 19.4 Å². The second kappa shape index (κ2) is 15.8. The fourth-order valence-corrected chi connectivity index (χ4v) is 12.2. The number of aliphatic hydroxyl groups is 2. The van der Waals surface area contributed by atoms with Gasteiger partial charge in [0.1, 0.15) is 11.2 Å². The average molecular weight is 601 g/mol. The molecule has 4 nitrogen and oxygen atoms in total. The van der Waals surface area contributed by atoms with E-state index >= 15 is 0 Å². The predicted octanol–water partition coefficient (Wildman–Crippen LogP) is 8.80. The number of benzene rings is 3. The van der Waals surface area contributed by atoms with Gasteiger partial charge in [0.05, 0.1) is 19.3 Å². The van der Waals surface area contributed by atoms with Crippen molar-refractivity contribution < 1.29 is 19.4 Å². The zero-order chi connectivity index (χ0) is 31.5. The van der Waals surface area contributed by atoms with E-state index in [0.29, 0.717) is 23.2 Å². The van der Waals surface area contributed by atoms with Crippen LogP contribution in [0.1, 0.15) is 71.1 Å². The highest BCUT2D eigenvalue weighted by atomic mass is 28.4. The Labute approximate surface area is 261 Å². The van der Waals surface area contributed by atoms with Crippen molar-refractivity contribution in [2.45, 2.75) is 88.3 Å². The van der Waals surface area contributed by atoms with Gasteiger partial charge in [0.15, 0.2) is 0 Å². The van der Waals surface area contributed by atoms with Gasteiger partial charge in [0, 0.05) is 6.42 Å². The fourth-order valence-electron chi connectivity index (χ4n) is 6.80. The van der Waals surface area contributed by atoms with Gasteiger partial charge in [-0.1, -0.05) is 151 Å². The lowest BCUT2D eigenvalue weighted by Gasteiger charge is -2.42. The Balaban J connectivity index is 1.93. The lowest BCUT2D eigenvalue weighted by Crippen LogP contribution is -2.48. The summed E-state index contributed by atoms with van der Waals surface area (Å²) >= 11 is 0. The smallest absolute Gasteiger partial charge is 0.200 e. The van der Waals surface area contributed by atoms with E-state index in [0.717, 1.165) is 16.7 Å². The van der Waals surface area contributed by atoms with Crippen LogP contribution in [0.4, 0.5) is 0 Å². The van der Waals surface area contributed by atoms with E-state index in [1.165, 1.54) is 0 Å². The summed E-state index contributed by atoms with van der Waals surface area (Å²) in [6.07, 6.45) is 4.63. The molecule has 0 aliphatic carbocycles. The SMILES string of the molecule is C=CC[C@@H](O)[C@](O)(/C=C/CO[Si](C(C)C)(C(C)C)C(C)C)CCOC(c1ccccc1)(c1ccccc1)c1ccccc1. The second-order valence-electron chi connectivity index (χ2n) is 12.4. The molecule has 0 saturated heterocycles. The van der Waals surface area contributed by atoms with Crippen molar-refractivity contribution >= 4 is 8.32 Å². The molecule has 0 aliphatic heterocycles. The summed E-state index contributed by atoms with van der Waals surface area (Å²) in [5, 5.41) is 23.0. The molecule has 0 spiro atoms. The second-order valence-corrected chi connectivity index (χ2v) is 17.9. The van der Waals surface area contributed by atoms with E-state index in [1.54, 1.807) is 12.2 Å². The van der Waals surface area contributed by atoms with Gasteiger partial charge in [-0.25, -0.2) is 0 Å². The molecular weight excluding hydrogens is 549 g/mol. The van der Waals surface area contributed by atoms with E-state index in [-0.39, 0.29) is 19.4 Å². The monoisotopic (exact) mass is 600 g/mol. The number of hydrogen-bond donors (Lipinski definition) is 2. The van der Waals surface area contributed by atoms with Gasteiger partial charge in [-0.05, 0) is 39.7 Å². The molecule has 2 atom stereocenters. The molecule has 2 N–H and O–H groups in total. The Morgan fingerprint density at radius 1 is 0.744 bits per heavy atom. The minimum Gasteiger partial charge on any atom is -0.412 e. The van der Waals surface area contributed by atoms with E-state index < -0.39 is 25.6 Å². The molecule has 5 heteroatoms. The van der Waals surface area contributed by atoms with Gasteiger partial charge in [0.25, 0.3) is 0 Å². The van der Waals surface area contributed by atoms with Gasteiger partial charge in [-0.15, -0.1) is 6.58 Å². The van der Waals surface area contributed by atoms with Crippen molar-refractivity contribution in [1.29, 1.82) is 0 Å². The van der Waals surface area contributed by atoms with Gasteiger partial charge in [-0.2, -0.15) is 0 Å². The number of ether oxygens (including phenoxy) is 1. The summed E-state index contributed by atoms with van der Waals surface area (Å²) < 4.78 is 13.6. The third-order valence-electron chi connectivity index (χ3n) is 8.87. The largest absolute Gasteiger partial charge is 0.412 e. The van der Waals surface area contributed by atoms with Crippen LogP contribution in [0, 0.1) is 0 Å². The maximum Gasteiger partial charge on any atom is 0.200 e. The highest BCUT2D eigenvalue weighted by molar-refractivity contribution is 6.77. The molecule has 0 heterocycles. The van der Waals surface area contributed by atoms with Crippen LogP contribution in [0.5, 0.6) is 0 Å². The maximum atomic E-state index is 11.9. The molecule has 0 bridgehead atoms. The van der Waals surface area contributed by atoms with Crippen LogP contribution in [0.15, 0.2) is 116 Å². The fraction of sp³-hybridized carbons (Fsp3) is 0.421. The van der Waals surface area contributed by atoms with Crippen LogP contribution in [-0.2, 0) is 14.8 Å². The van der Waals surface area contributed by atoms with E-state index in [2.05, 4.69) is 84.5 Å². The van der Waals surface area contributed by atoms with Crippen molar-refractivity contribution in [3.63, 3.8) is 0 Å². The molecule has 0 unspecified atom stereocenters. The molecule has 0 radical (unpaired) electrons. The lowest BCUT2D eigenvalue weighted by molar-refractivity contribution is -0.0738. The van der Waals surface area contributed by atoms with Crippen molar-refractivity contribution in [2.75, 3.05) is 13.2 Å².